The number of aliphatic hydroxyl groups is 8. The first-order valence-corrected chi connectivity index (χ1v) is 39.9. The van der Waals surface area contributed by atoms with Crippen LogP contribution in [0, 0.1) is 0 Å². The van der Waals surface area contributed by atoms with E-state index in [1.807, 2.05) is 0 Å². The molecule has 16 N–H and O–H groups in total. The summed E-state index contributed by atoms with van der Waals surface area (Å²) < 4.78 is 219. The van der Waals surface area contributed by atoms with Crippen LogP contribution in [-0.2, 0) is 139 Å². The molecule has 46 nitrogen and oxygen atoms in total. The minimum absolute atomic E-state index is 1.05. The van der Waals surface area contributed by atoms with Crippen molar-refractivity contribution in [3.05, 3.63) is 0 Å². The lowest BCUT2D eigenvalue weighted by Crippen LogP contribution is -2.67. The summed E-state index contributed by atoms with van der Waals surface area (Å²) in [5.41, 5.74) is 0. The third-order valence-electron chi connectivity index (χ3n) is 15.9. The van der Waals surface area contributed by atoms with Gasteiger partial charge in [0.2, 0.25) is 0 Å². The molecule has 576 valence electrons. The van der Waals surface area contributed by atoms with Crippen LogP contribution in [0.2, 0.25) is 0 Å². The highest BCUT2D eigenvalue weighted by Gasteiger charge is 2.62. The van der Waals surface area contributed by atoms with Crippen molar-refractivity contribution in [3.63, 3.8) is 0 Å². The van der Waals surface area contributed by atoms with E-state index in [2.05, 4.69) is 0 Å². The number of halogens is 5. The maximum Gasteiger partial charge on any atom is 0.695 e. The zero-order chi connectivity index (χ0) is 74.3. The van der Waals surface area contributed by atoms with Crippen molar-refractivity contribution < 1.29 is 219 Å². The summed E-state index contributed by atoms with van der Waals surface area (Å²) >= 11 is 34.1. The number of aliphatic hydroxyl groups excluding tert-OH is 8. The minimum Gasteiger partial charge on any atom is -0.387 e. The first-order chi connectivity index (χ1) is 47.5. The van der Waals surface area contributed by atoms with Gasteiger partial charge in [0.1, 0.15) is 181 Å². The third-order valence-corrected chi connectivity index (χ3v) is 21.5. The molecule has 0 saturated carbocycles. The van der Waals surface area contributed by atoms with Crippen LogP contribution >= 0.6 is 124 Å². The van der Waals surface area contributed by atoms with Crippen LogP contribution in [0.5, 0.6) is 0 Å². The largest absolute Gasteiger partial charge is 0.695 e. The second kappa shape index (κ2) is 39.8. The Labute approximate surface area is 597 Å². The smallest absolute Gasteiger partial charge is 0.387 e. The van der Waals surface area contributed by atoms with Gasteiger partial charge in [0.05, 0.1) is 26.9 Å². The quantitative estimate of drug-likeness (QED) is 0.0347. The number of hydrogen-bond donors (Lipinski definition) is 16. The van der Waals surface area contributed by atoms with E-state index < -0.39 is 324 Å². The summed E-state index contributed by atoms with van der Waals surface area (Å²) in [4.78, 5) is 78.5. The first-order valence-electron chi connectivity index (χ1n) is 28.7. The zero-order valence-electron chi connectivity index (χ0n) is 50.0. The van der Waals surface area contributed by atoms with E-state index in [0.717, 1.165) is 0 Å². The summed E-state index contributed by atoms with van der Waals surface area (Å²) in [6.45, 7) is -7.66. The second-order valence-corrected chi connectivity index (χ2v) is 30.5. The molecule has 21 heterocycles. The molecule has 29 unspecified atom stereocenters. The second-order valence-electron chi connectivity index (χ2n) is 22.2. The van der Waals surface area contributed by atoms with Gasteiger partial charge in [-0.25, -0.2) is 0 Å². The van der Waals surface area contributed by atoms with Gasteiger partial charge in [-0.15, -0.1) is 133 Å². The molecule has 0 amide bonds. The van der Waals surface area contributed by atoms with Crippen LogP contribution in [0.1, 0.15) is 0 Å². The van der Waals surface area contributed by atoms with Gasteiger partial charge in [-0.1, -0.05) is 0 Å². The average molecular weight is 1730 g/mol. The van der Waals surface area contributed by atoms with Crippen LogP contribution in [-0.4, -0.2) is 338 Å². The van der Waals surface area contributed by atoms with E-state index in [-0.39, 0.29) is 0 Å². The highest BCUT2D eigenvalue weighted by molar-refractivity contribution is 7.33. The van der Waals surface area contributed by atoms with Crippen LogP contribution in [0.25, 0.3) is 0 Å². The Hall–Kier alpha value is 0.730. The highest BCUT2D eigenvalue weighted by Crippen LogP contribution is 2.45. The maximum atomic E-state index is 12.6. The molecule has 21 aliphatic heterocycles. The summed E-state index contributed by atoms with van der Waals surface area (Å²) in [7, 11) is -28.9. The molecule has 0 aromatic heterocycles. The fourth-order valence-electron chi connectivity index (χ4n) is 11.3. The monoisotopic (exact) mass is 1730 g/mol. The molecule has 59 heteroatoms. The fourth-order valence-corrected chi connectivity index (χ4v) is 15.4. The topological polar surface area (TPSA) is 663 Å². The Morgan fingerprint density at radius 1 is 0.228 bits per heavy atom. The van der Waals surface area contributed by atoms with E-state index in [1.165, 1.54) is 0 Å². The normalized spacial score (nSPS) is 46.2. The van der Waals surface area contributed by atoms with E-state index in [4.69, 9.17) is 161 Å². The van der Waals surface area contributed by atoms with Gasteiger partial charge in [0.25, 0.3) is 0 Å². The Bertz CT molecular complexity index is 2810. The van der Waals surface area contributed by atoms with Crippen molar-refractivity contribution in [2.24, 2.45) is 0 Å². The molecule has 14 bridgehead atoms. The summed E-state index contributed by atoms with van der Waals surface area (Å²) in [6, 6.07) is 0. The SMILES string of the molecule is O=[P+](O)OCC1O[C@H]2O[C@@H]3C(CO[P+](=O)O)O[C@H](O[C@@H]4C(CO[P+](=O)O)O[C@H](O[C@@H]5C(CO[P+](=O)O)O[C@H](O[C@@H]6C(CO[P+](=O)O)O[C@H](O[C@@H]7C(CO[P+](=O)O)O[C@H](O[C@@H]8C(CO[P+](=O)O)O[C@H](O[C@H]1C(O)C2O)C(O)C8Cl)C(O)C7Cl)C(O)C6O[P+](=O)O)C(O)C5Cl)C(O)C4Cl)C(O)C3Cl. The molecule has 21 saturated heterocycles. The van der Waals surface area contributed by atoms with Crippen LogP contribution in [0.3, 0.4) is 0 Å². The number of hydrogen-bond acceptors (Lipinski definition) is 38. The predicted molar refractivity (Wildman–Crippen MR) is 316 cm³/mol. The molecule has 43 atom stereocenters. The summed E-state index contributed by atoms with van der Waals surface area (Å²) in [5, 5.41) is 84.7. The van der Waals surface area contributed by atoms with Crippen molar-refractivity contribution >= 4 is 124 Å². The predicted octanol–water partition coefficient (Wildman–Crippen LogP) is -3.61. The third kappa shape index (κ3) is 22.8. The minimum atomic E-state index is -3.92. The zero-order valence-corrected chi connectivity index (χ0v) is 61.0. The van der Waals surface area contributed by atoms with E-state index in [1.54, 1.807) is 0 Å². The lowest BCUT2D eigenvalue weighted by atomic mass is 9.96. The average Bonchev–Trinajstić information content (AvgIpc) is 0.785. The Morgan fingerprint density at radius 3 is 0.624 bits per heavy atom. The molecule has 0 aromatic carbocycles. The molecule has 0 spiro atoms. The van der Waals surface area contributed by atoms with Gasteiger partial charge in [-0.05, 0) is 0 Å². The van der Waals surface area contributed by atoms with Crippen molar-refractivity contribution in [2.75, 3.05) is 46.2 Å². The van der Waals surface area contributed by atoms with Crippen molar-refractivity contribution in [2.45, 2.75) is 211 Å². The lowest BCUT2D eigenvalue weighted by Gasteiger charge is -2.49. The number of alkyl halides is 5. The van der Waals surface area contributed by atoms with Gasteiger partial charge in [-0.2, -0.15) is 0 Å². The summed E-state index contributed by atoms with van der Waals surface area (Å²) in [6.07, 6.45) is -64.8. The van der Waals surface area contributed by atoms with Gasteiger partial charge in [0, 0.05) is 36.5 Å². The molecule has 0 aliphatic carbocycles. The van der Waals surface area contributed by atoms with Crippen LogP contribution in [0.15, 0.2) is 0 Å². The molecule has 21 fully saturated rings. The fraction of sp³-hybridized carbons (Fsp3) is 1.00. The Balaban J connectivity index is 1.21. The Morgan fingerprint density at radius 2 is 0.406 bits per heavy atom. The first kappa shape index (κ1) is 87.3. The molecule has 21 rings (SSSR count). The van der Waals surface area contributed by atoms with Gasteiger partial charge in [-0.3, -0.25) is 0 Å². The lowest BCUT2D eigenvalue weighted by molar-refractivity contribution is -0.375. The Kier molecular flexibility index (Phi) is 34.4. The van der Waals surface area contributed by atoms with Gasteiger partial charge in [0.15, 0.2) is 50.1 Å². The molecule has 0 aromatic rings. The standard InChI is InChI=1S/C42H57Cl5O46P8/c43-15-20(48)36-79-8(1-72-94(56)57)28(15)86-37-21(49)16(44)31(11(80-37)4-75-97(62)63)89-41-26(54)25(53)33(13(84-41)6-77-99(66)67)91-39-23(51)18(46)29(9(82-39)2-73-95(58)59)87-38-22(50)17(45)32(12(81-38)5-76-98(64)65)90-42-27(55)35(93-101(70)71)34(14(85-42)7-78-100(68)69)92-40-24(52)19(47)30(88-36)10(83-40)3-74-96(60)61/h8-42,48-55H,1-7H2/p+8/t8?,9?,10?,11?,12?,13?,14?,15?,16?,17?,18?,19?,20?,21?,22?,23?,24?,25?,26?,27?,28-,29-,30-,31-,32-,33-,34-,35?,36-,37-,38-,39-,40-,41+,42-/m1/s1. The molecular formula is C42H65Cl5O46P8+8. The van der Waals surface area contributed by atoms with E-state index in [9.17, 15) is 117 Å². The van der Waals surface area contributed by atoms with E-state index in [0.29, 0.717) is 0 Å². The number of rotatable bonds is 23. The van der Waals surface area contributed by atoms with Gasteiger partial charge < -0.3 is 107 Å². The van der Waals surface area contributed by atoms with Crippen LogP contribution in [0.4, 0.5) is 0 Å². The number of ether oxygens (including phenoxy) is 14. The van der Waals surface area contributed by atoms with E-state index >= 15 is 0 Å². The molecular weight excluding hydrogens is 1670 g/mol. The van der Waals surface area contributed by atoms with Crippen molar-refractivity contribution in [3.8, 4) is 0 Å². The maximum absolute atomic E-state index is 12.6. The van der Waals surface area contributed by atoms with Gasteiger partial charge >= 0.3 is 66.0 Å². The molecule has 0 radical (unpaired) electrons. The highest BCUT2D eigenvalue weighted by atomic mass is 35.5. The summed E-state index contributed by atoms with van der Waals surface area (Å²) in [5.74, 6) is 0. The molecule has 21 aliphatic rings. The van der Waals surface area contributed by atoms with Crippen molar-refractivity contribution in [1.82, 2.24) is 0 Å². The van der Waals surface area contributed by atoms with Crippen molar-refractivity contribution in [1.29, 1.82) is 0 Å². The molecule has 101 heavy (non-hydrogen) atoms. The van der Waals surface area contributed by atoms with Crippen LogP contribution < -0.4 is 0 Å².